The largest absolute Gasteiger partial charge is 0.377 e. The third-order valence-corrected chi connectivity index (χ3v) is 3.19. The number of ether oxygens (including phenoxy) is 1. The SMILES string of the molecule is CCNC(=NCc1ccc(COCC)cc1)NCC(=O)NC(C)(C)C.I. The fourth-order valence-corrected chi connectivity index (χ4v) is 2.10. The lowest BCUT2D eigenvalue weighted by Crippen LogP contribution is -2.48. The maximum atomic E-state index is 11.9. The van der Waals surface area contributed by atoms with Crippen LogP contribution in [-0.2, 0) is 22.7 Å². The van der Waals surface area contributed by atoms with Crippen molar-refractivity contribution in [2.75, 3.05) is 19.7 Å². The van der Waals surface area contributed by atoms with E-state index in [0.29, 0.717) is 25.7 Å². The first-order valence-electron chi connectivity index (χ1n) is 8.82. The molecule has 0 saturated carbocycles. The predicted molar refractivity (Wildman–Crippen MR) is 118 cm³/mol. The van der Waals surface area contributed by atoms with E-state index in [0.717, 1.165) is 17.7 Å². The molecule has 0 fully saturated rings. The number of nitrogens with one attached hydrogen (secondary N) is 3. The summed E-state index contributed by atoms with van der Waals surface area (Å²) in [5.41, 5.74) is 2.02. The quantitative estimate of drug-likeness (QED) is 0.307. The van der Waals surface area contributed by atoms with Gasteiger partial charge in [0.2, 0.25) is 5.91 Å². The zero-order chi connectivity index (χ0) is 18.7. The molecule has 0 spiro atoms. The molecule has 1 amide bonds. The van der Waals surface area contributed by atoms with Crippen LogP contribution in [0.15, 0.2) is 29.3 Å². The van der Waals surface area contributed by atoms with E-state index in [4.69, 9.17) is 4.74 Å². The summed E-state index contributed by atoms with van der Waals surface area (Å²) in [5, 5.41) is 9.13. The molecule has 1 aromatic rings. The standard InChI is InChI=1S/C19H32N4O2.HI/c1-6-20-18(22-13-17(24)23-19(3,4)5)21-12-15-8-10-16(11-9-15)14-25-7-2;/h8-11H,6-7,12-14H2,1-5H3,(H,23,24)(H2,20,21,22);1H. The Morgan fingerprint density at radius 2 is 1.69 bits per heavy atom. The van der Waals surface area contributed by atoms with E-state index in [2.05, 4.69) is 33.1 Å². The molecule has 0 saturated heterocycles. The van der Waals surface area contributed by atoms with Crippen LogP contribution < -0.4 is 16.0 Å². The van der Waals surface area contributed by atoms with Crippen molar-refractivity contribution in [1.82, 2.24) is 16.0 Å². The number of hydrogen-bond acceptors (Lipinski definition) is 3. The lowest BCUT2D eigenvalue weighted by molar-refractivity contribution is -0.121. The number of nitrogens with zero attached hydrogens (tertiary/aromatic N) is 1. The summed E-state index contributed by atoms with van der Waals surface area (Å²) in [5.74, 6) is 0.573. The molecule has 1 aromatic carbocycles. The van der Waals surface area contributed by atoms with E-state index < -0.39 is 0 Å². The van der Waals surface area contributed by atoms with Crippen LogP contribution in [0, 0.1) is 0 Å². The summed E-state index contributed by atoms with van der Waals surface area (Å²) in [7, 11) is 0. The molecule has 0 aromatic heterocycles. The molecule has 0 radical (unpaired) electrons. The minimum Gasteiger partial charge on any atom is -0.377 e. The van der Waals surface area contributed by atoms with E-state index in [-0.39, 0.29) is 42.0 Å². The molecule has 1 rings (SSSR count). The van der Waals surface area contributed by atoms with Crippen LogP contribution in [0.1, 0.15) is 45.7 Å². The van der Waals surface area contributed by atoms with Crippen molar-refractivity contribution in [1.29, 1.82) is 0 Å². The molecule has 0 unspecified atom stereocenters. The highest BCUT2D eigenvalue weighted by Crippen LogP contribution is 2.07. The van der Waals surface area contributed by atoms with Gasteiger partial charge < -0.3 is 20.7 Å². The molecule has 0 aliphatic carbocycles. The van der Waals surface area contributed by atoms with Gasteiger partial charge in [-0.1, -0.05) is 24.3 Å². The van der Waals surface area contributed by atoms with Crippen molar-refractivity contribution >= 4 is 35.8 Å². The normalized spacial score (nSPS) is 11.5. The number of aliphatic imine (C=N–C) groups is 1. The fourth-order valence-electron chi connectivity index (χ4n) is 2.10. The zero-order valence-corrected chi connectivity index (χ0v) is 18.8. The smallest absolute Gasteiger partial charge is 0.239 e. The Kier molecular flexibility index (Phi) is 12.2. The van der Waals surface area contributed by atoms with Gasteiger partial charge in [0.05, 0.1) is 19.7 Å². The highest BCUT2D eigenvalue weighted by atomic mass is 127. The summed E-state index contributed by atoms with van der Waals surface area (Å²) in [6.45, 7) is 12.7. The van der Waals surface area contributed by atoms with Gasteiger partial charge in [0, 0.05) is 18.7 Å². The van der Waals surface area contributed by atoms with Gasteiger partial charge in [-0.25, -0.2) is 4.99 Å². The third-order valence-electron chi connectivity index (χ3n) is 3.19. The molecule has 0 heterocycles. The van der Waals surface area contributed by atoms with Crippen LogP contribution in [0.25, 0.3) is 0 Å². The van der Waals surface area contributed by atoms with E-state index in [1.807, 2.05) is 46.8 Å². The number of hydrogen-bond donors (Lipinski definition) is 3. The number of amides is 1. The van der Waals surface area contributed by atoms with Crippen LogP contribution in [0.4, 0.5) is 0 Å². The monoisotopic (exact) mass is 476 g/mol. The van der Waals surface area contributed by atoms with Crippen LogP contribution in [0.2, 0.25) is 0 Å². The van der Waals surface area contributed by atoms with Gasteiger partial charge >= 0.3 is 0 Å². The number of carbonyl (C=O) groups excluding carboxylic acids is 1. The molecule has 0 bridgehead atoms. The maximum Gasteiger partial charge on any atom is 0.239 e. The Morgan fingerprint density at radius 3 is 2.23 bits per heavy atom. The van der Waals surface area contributed by atoms with Crippen LogP contribution >= 0.6 is 24.0 Å². The molecular weight excluding hydrogens is 443 g/mol. The van der Waals surface area contributed by atoms with Crippen molar-refractivity contribution in [2.45, 2.75) is 53.3 Å². The molecule has 148 valence electrons. The van der Waals surface area contributed by atoms with Gasteiger partial charge in [-0.05, 0) is 45.7 Å². The van der Waals surface area contributed by atoms with Crippen molar-refractivity contribution in [3.8, 4) is 0 Å². The third kappa shape index (κ3) is 11.3. The minimum absolute atomic E-state index is 0. The van der Waals surface area contributed by atoms with Gasteiger partial charge in [0.25, 0.3) is 0 Å². The van der Waals surface area contributed by atoms with Gasteiger partial charge in [-0.3, -0.25) is 4.79 Å². The second-order valence-electron chi connectivity index (χ2n) is 6.80. The Labute approximate surface area is 174 Å². The fraction of sp³-hybridized carbons (Fsp3) is 0.579. The average Bonchev–Trinajstić information content (AvgIpc) is 2.55. The van der Waals surface area contributed by atoms with Gasteiger partial charge in [-0.15, -0.1) is 24.0 Å². The summed E-state index contributed by atoms with van der Waals surface area (Å²) in [4.78, 5) is 16.4. The Morgan fingerprint density at radius 1 is 1.08 bits per heavy atom. The molecule has 0 aliphatic rings. The van der Waals surface area contributed by atoms with Crippen molar-refractivity contribution in [3.63, 3.8) is 0 Å². The number of guanidine groups is 1. The highest BCUT2D eigenvalue weighted by Gasteiger charge is 2.13. The molecular formula is C19H33IN4O2. The van der Waals surface area contributed by atoms with Crippen molar-refractivity contribution in [2.24, 2.45) is 4.99 Å². The van der Waals surface area contributed by atoms with Crippen LogP contribution in [-0.4, -0.2) is 37.1 Å². The molecule has 7 heteroatoms. The highest BCUT2D eigenvalue weighted by molar-refractivity contribution is 14.0. The average molecular weight is 476 g/mol. The van der Waals surface area contributed by atoms with Gasteiger partial charge in [-0.2, -0.15) is 0 Å². The minimum atomic E-state index is -0.239. The first-order valence-corrected chi connectivity index (χ1v) is 8.82. The summed E-state index contributed by atoms with van der Waals surface area (Å²) in [6.07, 6.45) is 0. The molecule has 6 nitrogen and oxygen atoms in total. The van der Waals surface area contributed by atoms with Crippen molar-refractivity contribution in [3.05, 3.63) is 35.4 Å². The Balaban J connectivity index is 0.00000625. The predicted octanol–water partition coefficient (Wildman–Crippen LogP) is 2.81. The first kappa shape index (κ1) is 24.7. The molecule has 3 N–H and O–H groups in total. The second-order valence-corrected chi connectivity index (χ2v) is 6.80. The number of rotatable bonds is 8. The van der Waals surface area contributed by atoms with E-state index in [1.54, 1.807) is 0 Å². The lowest BCUT2D eigenvalue weighted by atomic mass is 10.1. The van der Waals surface area contributed by atoms with E-state index in [9.17, 15) is 4.79 Å². The second kappa shape index (κ2) is 12.9. The Bertz CT molecular complexity index is 554. The summed E-state index contributed by atoms with van der Waals surface area (Å²) < 4.78 is 5.39. The first-order chi connectivity index (χ1) is 11.8. The number of carbonyl (C=O) groups is 1. The van der Waals surface area contributed by atoms with Gasteiger partial charge in [0.1, 0.15) is 0 Å². The molecule has 0 aliphatic heterocycles. The van der Waals surface area contributed by atoms with Gasteiger partial charge in [0.15, 0.2) is 5.96 Å². The van der Waals surface area contributed by atoms with Crippen LogP contribution in [0.3, 0.4) is 0 Å². The molecule has 26 heavy (non-hydrogen) atoms. The van der Waals surface area contributed by atoms with E-state index in [1.165, 1.54) is 0 Å². The Hall–Kier alpha value is -1.35. The topological polar surface area (TPSA) is 74.8 Å². The van der Waals surface area contributed by atoms with E-state index >= 15 is 0 Å². The van der Waals surface area contributed by atoms with Crippen molar-refractivity contribution < 1.29 is 9.53 Å². The number of benzene rings is 1. The lowest BCUT2D eigenvalue weighted by Gasteiger charge is -2.21. The zero-order valence-electron chi connectivity index (χ0n) is 16.5. The maximum absolute atomic E-state index is 11.9. The number of halogens is 1. The summed E-state index contributed by atoms with van der Waals surface area (Å²) in [6, 6.07) is 8.21. The summed E-state index contributed by atoms with van der Waals surface area (Å²) >= 11 is 0. The molecule has 0 atom stereocenters. The van der Waals surface area contributed by atoms with Crippen LogP contribution in [0.5, 0.6) is 0 Å².